The molecule has 0 aromatic heterocycles. The fourth-order valence-electron chi connectivity index (χ4n) is 1.15. The molecule has 0 spiro atoms. The van der Waals surface area contributed by atoms with E-state index in [-0.39, 0.29) is 10.6 Å². The summed E-state index contributed by atoms with van der Waals surface area (Å²) in [6.07, 6.45) is 0. The maximum atomic E-state index is 11.8. The second-order valence-electron chi connectivity index (χ2n) is 3.03. The molecule has 1 aromatic carbocycles. The van der Waals surface area contributed by atoms with Crippen LogP contribution >= 0.6 is 31.9 Å². The Labute approximate surface area is 100 Å². The van der Waals surface area contributed by atoms with Crippen LogP contribution in [0.3, 0.4) is 0 Å². The molecular weight excluding hydrogens is 310 g/mol. The predicted octanol–water partition coefficient (Wildman–Crippen LogP) is 3.13. The first kappa shape index (κ1) is 11.7. The van der Waals surface area contributed by atoms with Gasteiger partial charge >= 0.3 is 0 Å². The number of ketones is 1. The molecule has 76 valence electrons. The van der Waals surface area contributed by atoms with Gasteiger partial charge in [-0.3, -0.25) is 4.79 Å². The number of anilines is 1. The van der Waals surface area contributed by atoms with E-state index in [2.05, 4.69) is 31.9 Å². The van der Waals surface area contributed by atoms with Gasteiger partial charge in [-0.15, -0.1) is 0 Å². The molecule has 0 radical (unpaired) electrons. The van der Waals surface area contributed by atoms with E-state index in [9.17, 15) is 4.79 Å². The fourth-order valence-corrected chi connectivity index (χ4v) is 1.89. The minimum absolute atomic E-state index is 0.0618. The summed E-state index contributed by atoms with van der Waals surface area (Å²) in [5.74, 6) is 0.0618. The van der Waals surface area contributed by atoms with Gasteiger partial charge in [0.05, 0.1) is 4.83 Å². The van der Waals surface area contributed by atoms with E-state index in [1.165, 1.54) is 0 Å². The number of alkyl halides is 2. The summed E-state index contributed by atoms with van der Waals surface area (Å²) < 4.78 is 0. The summed E-state index contributed by atoms with van der Waals surface area (Å²) in [5.41, 5.74) is 7.91. The van der Waals surface area contributed by atoms with Crippen molar-refractivity contribution in [2.75, 3.05) is 5.73 Å². The number of nitrogens with two attached hydrogens (primary N) is 1. The highest BCUT2D eigenvalue weighted by Gasteiger charge is 2.15. The molecule has 1 rings (SSSR count). The Hall–Kier alpha value is -0.350. The summed E-state index contributed by atoms with van der Waals surface area (Å²) in [5, 5.41) is 0.661. The van der Waals surface area contributed by atoms with Gasteiger partial charge in [0, 0.05) is 16.6 Å². The summed E-state index contributed by atoms with van der Waals surface area (Å²) >= 11 is 6.60. The highest BCUT2D eigenvalue weighted by atomic mass is 79.9. The highest BCUT2D eigenvalue weighted by Crippen LogP contribution is 2.20. The van der Waals surface area contributed by atoms with Crippen LogP contribution in [0.1, 0.15) is 22.8 Å². The first-order chi connectivity index (χ1) is 6.56. The first-order valence-corrected chi connectivity index (χ1v) is 6.22. The topological polar surface area (TPSA) is 43.1 Å². The Kier molecular flexibility index (Phi) is 4.13. The van der Waals surface area contributed by atoms with Crippen molar-refractivity contribution in [3.8, 4) is 0 Å². The minimum atomic E-state index is -0.179. The standard InChI is InChI=1S/C10H11Br2NO/c1-6(12)10(14)9-4-8(13)3-2-7(9)5-11/h2-4,6H,5,13H2,1H3. The molecule has 0 amide bonds. The van der Waals surface area contributed by atoms with Gasteiger partial charge in [0.2, 0.25) is 0 Å². The van der Waals surface area contributed by atoms with Crippen LogP contribution in [0.5, 0.6) is 0 Å². The molecule has 0 saturated carbocycles. The third-order valence-corrected chi connectivity index (χ3v) is 2.92. The van der Waals surface area contributed by atoms with Gasteiger partial charge in [-0.1, -0.05) is 37.9 Å². The molecule has 0 heterocycles. The zero-order valence-corrected chi connectivity index (χ0v) is 10.9. The number of nitrogen functional groups attached to an aromatic ring is 1. The first-order valence-electron chi connectivity index (χ1n) is 4.19. The molecule has 2 nitrogen and oxygen atoms in total. The van der Waals surface area contributed by atoms with Crippen molar-refractivity contribution < 1.29 is 4.79 Å². The lowest BCUT2D eigenvalue weighted by molar-refractivity contribution is 0.0995. The number of hydrogen-bond acceptors (Lipinski definition) is 2. The van der Waals surface area contributed by atoms with Gasteiger partial charge in [0.25, 0.3) is 0 Å². The molecule has 4 heteroatoms. The van der Waals surface area contributed by atoms with Gasteiger partial charge in [0.1, 0.15) is 0 Å². The smallest absolute Gasteiger partial charge is 0.176 e. The van der Waals surface area contributed by atoms with Crippen LogP contribution in [0.15, 0.2) is 18.2 Å². The number of Topliss-reactive ketones (excluding diaryl/α,β-unsaturated/α-hetero) is 1. The lowest BCUT2D eigenvalue weighted by Gasteiger charge is -2.08. The van der Waals surface area contributed by atoms with Crippen LogP contribution < -0.4 is 5.73 Å². The van der Waals surface area contributed by atoms with Crippen LogP contribution in [0.25, 0.3) is 0 Å². The molecule has 1 aromatic rings. The largest absolute Gasteiger partial charge is 0.399 e. The number of carbonyl (C=O) groups excluding carboxylic acids is 1. The van der Waals surface area contributed by atoms with Gasteiger partial charge in [-0.25, -0.2) is 0 Å². The minimum Gasteiger partial charge on any atom is -0.399 e. The zero-order valence-electron chi connectivity index (χ0n) is 7.76. The van der Waals surface area contributed by atoms with Gasteiger partial charge in [-0.05, 0) is 24.6 Å². The summed E-state index contributed by atoms with van der Waals surface area (Å²) in [7, 11) is 0. The summed E-state index contributed by atoms with van der Waals surface area (Å²) in [6, 6.07) is 5.38. The number of rotatable bonds is 3. The molecule has 0 aliphatic rings. The van der Waals surface area contributed by atoms with Crippen molar-refractivity contribution in [3.63, 3.8) is 0 Å². The third-order valence-electron chi connectivity index (χ3n) is 1.90. The summed E-state index contributed by atoms with van der Waals surface area (Å²) in [6.45, 7) is 1.81. The predicted molar refractivity (Wildman–Crippen MR) is 66.2 cm³/mol. The average Bonchev–Trinajstić information content (AvgIpc) is 2.16. The molecule has 0 bridgehead atoms. The molecule has 14 heavy (non-hydrogen) atoms. The number of benzene rings is 1. The highest BCUT2D eigenvalue weighted by molar-refractivity contribution is 9.10. The fraction of sp³-hybridized carbons (Fsp3) is 0.300. The van der Waals surface area contributed by atoms with E-state index in [4.69, 9.17) is 5.73 Å². The van der Waals surface area contributed by atoms with Crippen molar-refractivity contribution in [1.29, 1.82) is 0 Å². The number of halogens is 2. The second kappa shape index (κ2) is 4.94. The number of carbonyl (C=O) groups is 1. The number of hydrogen-bond donors (Lipinski definition) is 1. The van der Waals surface area contributed by atoms with Crippen molar-refractivity contribution >= 4 is 43.3 Å². The van der Waals surface area contributed by atoms with E-state index < -0.39 is 0 Å². The van der Waals surface area contributed by atoms with Crippen LogP contribution in [0, 0.1) is 0 Å². The summed E-state index contributed by atoms with van der Waals surface area (Å²) in [4.78, 5) is 11.6. The molecule has 1 atom stereocenters. The zero-order chi connectivity index (χ0) is 10.7. The van der Waals surface area contributed by atoms with E-state index in [1.54, 1.807) is 12.1 Å². The van der Waals surface area contributed by atoms with E-state index in [0.29, 0.717) is 16.6 Å². The molecule has 0 aliphatic carbocycles. The Balaban J connectivity index is 3.17. The van der Waals surface area contributed by atoms with Crippen molar-refractivity contribution in [1.82, 2.24) is 0 Å². The Morgan fingerprint density at radius 2 is 2.21 bits per heavy atom. The van der Waals surface area contributed by atoms with Crippen molar-refractivity contribution in [3.05, 3.63) is 29.3 Å². The van der Waals surface area contributed by atoms with Gasteiger partial charge < -0.3 is 5.73 Å². The van der Waals surface area contributed by atoms with Crippen molar-refractivity contribution in [2.24, 2.45) is 0 Å². The van der Waals surface area contributed by atoms with Crippen LogP contribution in [-0.2, 0) is 5.33 Å². The molecule has 0 fully saturated rings. The van der Waals surface area contributed by atoms with Crippen molar-refractivity contribution in [2.45, 2.75) is 17.1 Å². The SMILES string of the molecule is CC(Br)C(=O)c1cc(N)ccc1CBr. The molecule has 2 N–H and O–H groups in total. The lowest BCUT2D eigenvalue weighted by Crippen LogP contribution is -2.12. The maximum Gasteiger partial charge on any atom is 0.176 e. The molecule has 1 unspecified atom stereocenters. The maximum absolute atomic E-state index is 11.8. The van der Waals surface area contributed by atoms with Crippen LogP contribution in [0.4, 0.5) is 5.69 Å². The van der Waals surface area contributed by atoms with E-state index in [1.807, 2.05) is 13.0 Å². The van der Waals surface area contributed by atoms with Gasteiger partial charge in [0.15, 0.2) is 5.78 Å². The average molecular weight is 321 g/mol. The quantitative estimate of drug-likeness (QED) is 0.528. The third kappa shape index (κ3) is 2.58. The molecular formula is C10H11Br2NO. The molecule has 0 saturated heterocycles. The second-order valence-corrected chi connectivity index (χ2v) is 4.96. The lowest BCUT2D eigenvalue weighted by atomic mass is 10.0. The van der Waals surface area contributed by atoms with Crippen LogP contribution in [-0.4, -0.2) is 10.6 Å². The normalized spacial score (nSPS) is 12.5. The van der Waals surface area contributed by atoms with E-state index in [0.717, 1.165) is 5.56 Å². The molecule has 0 aliphatic heterocycles. The van der Waals surface area contributed by atoms with Crippen LogP contribution in [0.2, 0.25) is 0 Å². The van der Waals surface area contributed by atoms with E-state index >= 15 is 0 Å². The Morgan fingerprint density at radius 1 is 1.57 bits per heavy atom. The Bertz CT molecular complexity index is 350. The monoisotopic (exact) mass is 319 g/mol. The Morgan fingerprint density at radius 3 is 2.71 bits per heavy atom. The van der Waals surface area contributed by atoms with Gasteiger partial charge in [-0.2, -0.15) is 0 Å².